The summed E-state index contributed by atoms with van der Waals surface area (Å²) in [6.45, 7) is 1.90. The molecule has 0 bridgehead atoms. The van der Waals surface area contributed by atoms with Crippen molar-refractivity contribution in [3.8, 4) is 28.5 Å². The third-order valence-electron chi connectivity index (χ3n) is 4.44. The van der Waals surface area contributed by atoms with Gasteiger partial charge in [0, 0.05) is 5.56 Å². The highest BCUT2D eigenvalue weighted by atomic mass is 16.5. The van der Waals surface area contributed by atoms with Crippen molar-refractivity contribution >= 4 is 5.91 Å². The largest absolute Gasteiger partial charge is 0.497 e. The van der Waals surface area contributed by atoms with Gasteiger partial charge in [-0.15, -0.1) is 0 Å². The standard InChI is InChI=1S/C21H23N3O4/c1-13(14-8-9-19(27-3)20(11-14)28-4)22-21(25)18-12-17(23-24-18)15-6-5-7-16(10-15)26-2/h5-13H,1-4H3,(H,22,25)(H,23,24)/t13-/m0/s1. The maximum Gasteiger partial charge on any atom is 0.269 e. The molecule has 3 aromatic rings. The van der Waals surface area contributed by atoms with Gasteiger partial charge in [0.25, 0.3) is 5.91 Å². The number of methoxy groups -OCH3 is 3. The summed E-state index contributed by atoms with van der Waals surface area (Å²) in [5.74, 6) is 1.74. The molecule has 0 radical (unpaired) electrons. The second-order valence-electron chi connectivity index (χ2n) is 6.21. The first kappa shape index (κ1) is 19.3. The molecule has 1 heterocycles. The number of amides is 1. The molecule has 7 heteroatoms. The van der Waals surface area contributed by atoms with Crippen LogP contribution in [0.25, 0.3) is 11.3 Å². The monoisotopic (exact) mass is 381 g/mol. The van der Waals surface area contributed by atoms with Crippen molar-refractivity contribution in [2.24, 2.45) is 0 Å². The zero-order valence-corrected chi connectivity index (χ0v) is 16.3. The number of carbonyl (C=O) groups is 1. The molecule has 2 N–H and O–H groups in total. The fraction of sp³-hybridized carbons (Fsp3) is 0.238. The molecular weight excluding hydrogens is 358 g/mol. The van der Waals surface area contributed by atoms with Gasteiger partial charge in [-0.25, -0.2) is 0 Å². The Labute approximate surface area is 163 Å². The predicted molar refractivity (Wildman–Crippen MR) is 106 cm³/mol. The number of H-pyrrole nitrogens is 1. The third kappa shape index (κ3) is 4.09. The van der Waals surface area contributed by atoms with Gasteiger partial charge in [-0.1, -0.05) is 18.2 Å². The van der Waals surface area contributed by atoms with Crippen molar-refractivity contribution in [1.29, 1.82) is 0 Å². The van der Waals surface area contributed by atoms with Crippen LogP contribution in [0.4, 0.5) is 0 Å². The van der Waals surface area contributed by atoms with E-state index in [0.717, 1.165) is 16.9 Å². The Morgan fingerprint density at radius 2 is 1.79 bits per heavy atom. The van der Waals surface area contributed by atoms with Crippen molar-refractivity contribution in [3.63, 3.8) is 0 Å². The molecular formula is C21H23N3O4. The Bertz CT molecular complexity index is 968. The summed E-state index contributed by atoms with van der Waals surface area (Å²) in [4.78, 5) is 12.6. The summed E-state index contributed by atoms with van der Waals surface area (Å²) < 4.78 is 15.8. The molecule has 0 unspecified atom stereocenters. The molecule has 0 saturated carbocycles. The summed E-state index contributed by atoms with van der Waals surface area (Å²) in [7, 11) is 4.77. The van der Waals surface area contributed by atoms with Crippen LogP contribution in [0.15, 0.2) is 48.5 Å². The quantitative estimate of drug-likeness (QED) is 0.653. The molecule has 0 aliphatic rings. The number of nitrogens with zero attached hydrogens (tertiary/aromatic N) is 1. The minimum absolute atomic E-state index is 0.226. The number of aromatic amines is 1. The number of nitrogens with one attached hydrogen (secondary N) is 2. The average molecular weight is 381 g/mol. The van der Waals surface area contributed by atoms with Gasteiger partial charge in [0.2, 0.25) is 0 Å². The minimum atomic E-state index is -0.246. The minimum Gasteiger partial charge on any atom is -0.497 e. The summed E-state index contributed by atoms with van der Waals surface area (Å²) in [6, 6.07) is 14.5. The molecule has 0 aliphatic heterocycles. The maximum absolute atomic E-state index is 12.6. The van der Waals surface area contributed by atoms with Gasteiger partial charge in [-0.05, 0) is 42.8 Å². The molecule has 2 aromatic carbocycles. The number of benzene rings is 2. The van der Waals surface area contributed by atoms with Crippen molar-refractivity contribution in [3.05, 3.63) is 59.8 Å². The number of carbonyl (C=O) groups excluding carboxylic acids is 1. The Morgan fingerprint density at radius 1 is 1.00 bits per heavy atom. The fourth-order valence-corrected chi connectivity index (χ4v) is 2.85. The molecule has 3 rings (SSSR count). The number of rotatable bonds is 7. The fourth-order valence-electron chi connectivity index (χ4n) is 2.85. The second-order valence-corrected chi connectivity index (χ2v) is 6.21. The molecule has 146 valence electrons. The van der Waals surface area contributed by atoms with E-state index in [2.05, 4.69) is 15.5 Å². The lowest BCUT2D eigenvalue weighted by Crippen LogP contribution is -2.27. The lowest BCUT2D eigenvalue weighted by atomic mass is 10.1. The number of hydrogen-bond donors (Lipinski definition) is 2. The van der Waals surface area contributed by atoms with Crippen LogP contribution in [0, 0.1) is 0 Å². The molecule has 0 fully saturated rings. The van der Waals surface area contributed by atoms with Crippen LogP contribution in [0.1, 0.15) is 29.0 Å². The highest BCUT2D eigenvalue weighted by Crippen LogP contribution is 2.30. The van der Waals surface area contributed by atoms with Crippen LogP contribution in [0.3, 0.4) is 0 Å². The van der Waals surface area contributed by atoms with Gasteiger partial charge in [0.1, 0.15) is 11.4 Å². The van der Waals surface area contributed by atoms with Crippen molar-refractivity contribution < 1.29 is 19.0 Å². The zero-order chi connectivity index (χ0) is 20.1. The first-order chi connectivity index (χ1) is 13.5. The Kier molecular flexibility index (Phi) is 5.84. The Hall–Kier alpha value is -3.48. The summed E-state index contributed by atoms with van der Waals surface area (Å²) in [5.41, 5.74) is 2.81. The van der Waals surface area contributed by atoms with Gasteiger partial charge in [0.05, 0.1) is 33.1 Å². The van der Waals surface area contributed by atoms with Crippen LogP contribution in [0.2, 0.25) is 0 Å². The molecule has 0 saturated heterocycles. The third-order valence-corrected chi connectivity index (χ3v) is 4.44. The normalized spacial score (nSPS) is 11.6. The van der Waals surface area contributed by atoms with Crippen LogP contribution >= 0.6 is 0 Å². The lowest BCUT2D eigenvalue weighted by Gasteiger charge is -2.16. The second kappa shape index (κ2) is 8.47. The summed E-state index contributed by atoms with van der Waals surface area (Å²) in [5, 5.41) is 9.98. The van der Waals surface area contributed by atoms with Crippen LogP contribution in [0.5, 0.6) is 17.2 Å². The van der Waals surface area contributed by atoms with Crippen LogP contribution in [-0.2, 0) is 0 Å². The number of aromatic nitrogens is 2. The van der Waals surface area contributed by atoms with E-state index >= 15 is 0 Å². The highest BCUT2D eigenvalue weighted by molar-refractivity contribution is 5.93. The van der Waals surface area contributed by atoms with Gasteiger partial charge in [-0.3, -0.25) is 9.89 Å². The van der Waals surface area contributed by atoms with Gasteiger partial charge >= 0.3 is 0 Å². The van der Waals surface area contributed by atoms with Crippen molar-refractivity contribution in [2.45, 2.75) is 13.0 Å². The number of ether oxygens (including phenoxy) is 3. The molecule has 1 amide bonds. The SMILES string of the molecule is COc1cccc(-c2cc(C(=O)N[C@@H](C)c3ccc(OC)c(OC)c3)[nH]n2)c1. The van der Waals surface area contributed by atoms with Crippen LogP contribution < -0.4 is 19.5 Å². The zero-order valence-electron chi connectivity index (χ0n) is 16.3. The average Bonchev–Trinajstić information content (AvgIpc) is 3.23. The van der Waals surface area contributed by atoms with Crippen molar-refractivity contribution in [2.75, 3.05) is 21.3 Å². The summed E-state index contributed by atoms with van der Waals surface area (Å²) in [6.07, 6.45) is 0. The Balaban J connectivity index is 1.73. The molecule has 7 nitrogen and oxygen atoms in total. The van der Waals surface area contributed by atoms with E-state index in [0.29, 0.717) is 22.9 Å². The van der Waals surface area contributed by atoms with E-state index in [1.807, 2.05) is 49.4 Å². The molecule has 1 aromatic heterocycles. The van der Waals surface area contributed by atoms with E-state index in [1.54, 1.807) is 27.4 Å². The van der Waals surface area contributed by atoms with E-state index < -0.39 is 0 Å². The van der Waals surface area contributed by atoms with Crippen LogP contribution in [-0.4, -0.2) is 37.4 Å². The maximum atomic E-state index is 12.6. The molecule has 1 atom stereocenters. The van der Waals surface area contributed by atoms with Crippen molar-refractivity contribution in [1.82, 2.24) is 15.5 Å². The van der Waals surface area contributed by atoms with Gasteiger partial charge in [-0.2, -0.15) is 5.10 Å². The Morgan fingerprint density at radius 3 is 2.50 bits per heavy atom. The van der Waals surface area contributed by atoms with E-state index in [4.69, 9.17) is 14.2 Å². The lowest BCUT2D eigenvalue weighted by molar-refractivity contribution is 0.0934. The van der Waals surface area contributed by atoms with Gasteiger partial charge < -0.3 is 19.5 Å². The molecule has 28 heavy (non-hydrogen) atoms. The summed E-state index contributed by atoms with van der Waals surface area (Å²) >= 11 is 0. The topological polar surface area (TPSA) is 85.5 Å². The first-order valence-corrected chi connectivity index (χ1v) is 8.78. The predicted octanol–water partition coefficient (Wildman–Crippen LogP) is 3.59. The van der Waals surface area contributed by atoms with E-state index in [-0.39, 0.29) is 11.9 Å². The smallest absolute Gasteiger partial charge is 0.269 e. The molecule has 0 aliphatic carbocycles. The van der Waals surface area contributed by atoms with E-state index in [9.17, 15) is 4.79 Å². The van der Waals surface area contributed by atoms with E-state index in [1.165, 1.54) is 0 Å². The highest BCUT2D eigenvalue weighted by Gasteiger charge is 2.16. The number of hydrogen-bond acceptors (Lipinski definition) is 5. The van der Waals surface area contributed by atoms with Gasteiger partial charge in [0.15, 0.2) is 11.5 Å². The first-order valence-electron chi connectivity index (χ1n) is 8.78. The molecule has 0 spiro atoms.